The number of rotatable bonds is 4. The van der Waals surface area contributed by atoms with Gasteiger partial charge in [-0.1, -0.05) is 6.07 Å². The van der Waals surface area contributed by atoms with Crippen LogP contribution in [0.25, 0.3) is 0 Å². The molecule has 1 heterocycles. The quantitative estimate of drug-likeness (QED) is 0.610. The Morgan fingerprint density at radius 1 is 1.52 bits per heavy atom. The highest BCUT2D eigenvalue weighted by atomic mass is 16.5. The van der Waals surface area contributed by atoms with Crippen molar-refractivity contribution in [3.63, 3.8) is 0 Å². The van der Waals surface area contributed by atoms with Crippen LogP contribution in [0.1, 0.15) is 25.8 Å². The van der Waals surface area contributed by atoms with Crippen LogP contribution in [-0.4, -0.2) is 40.4 Å². The van der Waals surface area contributed by atoms with Gasteiger partial charge in [0.1, 0.15) is 0 Å². The molecule has 0 aromatic heterocycles. The van der Waals surface area contributed by atoms with E-state index in [0.717, 1.165) is 6.42 Å². The fourth-order valence-electron chi connectivity index (χ4n) is 2.42. The molecule has 1 fully saturated rings. The highest BCUT2D eigenvalue weighted by Gasteiger charge is 2.39. The third kappa shape index (κ3) is 3.46. The third-order valence-electron chi connectivity index (χ3n) is 4.13. The zero-order valence-corrected chi connectivity index (χ0v) is 12.3. The summed E-state index contributed by atoms with van der Waals surface area (Å²) in [5.41, 5.74) is 6.21. The predicted molar refractivity (Wildman–Crippen MR) is 78.0 cm³/mol. The van der Waals surface area contributed by atoms with Gasteiger partial charge in [0.25, 0.3) is 0 Å². The lowest BCUT2D eigenvalue weighted by molar-refractivity contribution is -0.124. The monoisotopic (exact) mass is 294 g/mol. The normalized spacial score (nSPS) is 26.5. The minimum absolute atomic E-state index is 0.0497. The van der Waals surface area contributed by atoms with Gasteiger partial charge in [-0.25, -0.2) is 0 Å². The van der Waals surface area contributed by atoms with Gasteiger partial charge in [-0.3, -0.25) is 4.79 Å². The number of amides is 1. The summed E-state index contributed by atoms with van der Waals surface area (Å²) in [6.07, 6.45) is 0.990. The largest absolute Gasteiger partial charge is 0.504 e. The Hall–Kier alpha value is -1.79. The summed E-state index contributed by atoms with van der Waals surface area (Å²) in [4.78, 5) is 12.2. The van der Waals surface area contributed by atoms with Crippen molar-refractivity contribution in [2.24, 2.45) is 5.73 Å². The molecular weight excluding hydrogens is 272 g/mol. The molecule has 0 bridgehead atoms. The third-order valence-corrected chi connectivity index (χ3v) is 4.13. The van der Waals surface area contributed by atoms with Crippen molar-refractivity contribution in [2.45, 2.75) is 44.4 Å². The fraction of sp³-hybridized carbons (Fsp3) is 0.533. The second-order valence-electron chi connectivity index (χ2n) is 5.80. The lowest BCUT2D eigenvalue weighted by atomic mass is 9.93. The maximum absolute atomic E-state index is 12.2. The van der Waals surface area contributed by atoms with E-state index in [1.807, 2.05) is 13.8 Å². The molecule has 1 aliphatic heterocycles. The maximum Gasteiger partial charge on any atom is 0.237 e. The molecule has 0 aliphatic carbocycles. The van der Waals surface area contributed by atoms with E-state index in [-0.39, 0.29) is 29.9 Å². The first-order valence-corrected chi connectivity index (χ1v) is 7.02. The number of phenolic OH excluding ortho intramolecular Hbond substituents is 2. The number of benzene rings is 1. The van der Waals surface area contributed by atoms with E-state index in [2.05, 4.69) is 5.32 Å². The molecule has 1 amide bonds. The smallest absolute Gasteiger partial charge is 0.237 e. The minimum atomic E-state index is -0.724. The van der Waals surface area contributed by atoms with Gasteiger partial charge in [0.05, 0.1) is 17.7 Å². The summed E-state index contributed by atoms with van der Waals surface area (Å²) >= 11 is 0. The Morgan fingerprint density at radius 2 is 2.24 bits per heavy atom. The number of hydrogen-bond donors (Lipinski definition) is 4. The van der Waals surface area contributed by atoms with Crippen LogP contribution >= 0.6 is 0 Å². The summed E-state index contributed by atoms with van der Waals surface area (Å²) in [6.45, 7) is 4.50. The number of carbonyl (C=O) groups excluding carboxylic acids is 1. The predicted octanol–water partition coefficient (Wildman–Crippen LogP) is 0.651. The average Bonchev–Trinajstić information content (AvgIpc) is 2.73. The van der Waals surface area contributed by atoms with Gasteiger partial charge >= 0.3 is 0 Å². The SMILES string of the molecule is CC1OCCC1(C)NC(=O)[C@@H](N)Cc1ccc(O)c(O)c1. The van der Waals surface area contributed by atoms with Crippen LogP contribution in [0.5, 0.6) is 11.5 Å². The molecule has 6 nitrogen and oxygen atoms in total. The molecule has 116 valence electrons. The molecule has 0 radical (unpaired) electrons. The van der Waals surface area contributed by atoms with Crippen LogP contribution in [0.3, 0.4) is 0 Å². The fourth-order valence-corrected chi connectivity index (χ4v) is 2.42. The standard InChI is InChI=1S/C15H22N2O4/c1-9-15(2,5-6-21-9)17-14(20)11(16)7-10-3-4-12(18)13(19)8-10/h3-4,8-9,11,18-19H,5-7,16H2,1-2H3,(H,17,20)/t9?,11-,15?/m0/s1. The molecule has 2 rings (SSSR count). The Morgan fingerprint density at radius 3 is 2.81 bits per heavy atom. The van der Waals surface area contributed by atoms with Gasteiger partial charge < -0.3 is 26.0 Å². The van der Waals surface area contributed by atoms with E-state index in [1.165, 1.54) is 12.1 Å². The zero-order chi connectivity index (χ0) is 15.6. The maximum atomic E-state index is 12.2. The number of nitrogens with one attached hydrogen (secondary N) is 1. The Labute approximate surface area is 123 Å². The number of phenols is 2. The zero-order valence-electron chi connectivity index (χ0n) is 12.3. The summed E-state index contributed by atoms with van der Waals surface area (Å²) in [7, 11) is 0. The van der Waals surface area contributed by atoms with Gasteiger partial charge in [0.2, 0.25) is 5.91 Å². The Bertz CT molecular complexity index is 534. The first kappa shape index (κ1) is 15.6. The molecular formula is C15H22N2O4. The van der Waals surface area contributed by atoms with Crippen LogP contribution in [0, 0.1) is 0 Å². The van der Waals surface area contributed by atoms with Gasteiger partial charge in [-0.05, 0) is 44.4 Å². The Balaban J connectivity index is 1.97. The number of ether oxygens (including phenoxy) is 1. The summed E-state index contributed by atoms with van der Waals surface area (Å²) in [5, 5.41) is 21.7. The summed E-state index contributed by atoms with van der Waals surface area (Å²) < 4.78 is 5.48. The van der Waals surface area contributed by atoms with Crippen LogP contribution in [0.15, 0.2) is 18.2 Å². The molecule has 3 atom stereocenters. The van der Waals surface area contributed by atoms with Crippen molar-refractivity contribution in [2.75, 3.05) is 6.61 Å². The van der Waals surface area contributed by atoms with Crippen LogP contribution < -0.4 is 11.1 Å². The number of carbonyl (C=O) groups is 1. The molecule has 2 unspecified atom stereocenters. The average molecular weight is 294 g/mol. The molecule has 1 aliphatic rings. The van der Waals surface area contributed by atoms with E-state index in [4.69, 9.17) is 10.5 Å². The minimum Gasteiger partial charge on any atom is -0.504 e. The molecule has 0 saturated carbocycles. The Kier molecular flexibility index (Phi) is 4.39. The van der Waals surface area contributed by atoms with Crippen molar-refractivity contribution >= 4 is 5.91 Å². The highest BCUT2D eigenvalue weighted by Crippen LogP contribution is 2.26. The molecule has 1 saturated heterocycles. The molecule has 1 aromatic carbocycles. The summed E-state index contributed by atoms with van der Waals surface area (Å²) in [5.74, 6) is -0.659. The van der Waals surface area contributed by atoms with Crippen LogP contribution in [-0.2, 0) is 16.0 Å². The summed E-state index contributed by atoms with van der Waals surface area (Å²) in [6, 6.07) is 3.69. The number of hydrogen-bond acceptors (Lipinski definition) is 5. The van der Waals surface area contributed by atoms with Crippen LogP contribution in [0.4, 0.5) is 0 Å². The number of aromatic hydroxyl groups is 2. The molecule has 21 heavy (non-hydrogen) atoms. The van der Waals surface area contributed by atoms with E-state index in [0.29, 0.717) is 12.2 Å². The lowest BCUT2D eigenvalue weighted by Gasteiger charge is -2.30. The highest BCUT2D eigenvalue weighted by molar-refractivity contribution is 5.82. The first-order valence-electron chi connectivity index (χ1n) is 7.02. The van der Waals surface area contributed by atoms with Gasteiger partial charge in [0, 0.05) is 6.61 Å². The van der Waals surface area contributed by atoms with E-state index in [9.17, 15) is 15.0 Å². The van der Waals surface area contributed by atoms with Crippen molar-refractivity contribution in [3.05, 3.63) is 23.8 Å². The van der Waals surface area contributed by atoms with Crippen molar-refractivity contribution in [1.82, 2.24) is 5.32 Å². The van der Waals surface area contributed by atoms with Gasteiger partial charge in [0.15, 0.2) is 11.5 Å². The molecule has 1 aromatic rings. The van der Waals surface area contributed by atoms with E-state index < -0.39 is 11.6 Å². The second kappa shape index (κ2) is 5.91. The van der Waals surface area contributed by atoms with Crippen LogP contribution in [0.2, 0.25) is 0 Å². The molecule has 5 N–H and O–H groups in total. The van der Waals surface area contributed by atoms with Crippen molar-refractivity contribution in [3.8, 4) is 11.5 Å². The van der Waals surface area contributed by atoms with E-state index >= 15 is 0 Å². The first-order chi connectivity index (χ1) is 9.82. The van der Waals surface area contributed by atoms with Crippen molar-refractivity contribution in [1.29, 1.82) is 0 Å². The molecule has 0 spiro atoms. The number of nitrogens with two attached hydrogens (primary N) is 1. The van der Waals surface area contributed by atoms with Gasteiger partial charge in [-0.15, -0.1) is 0 Å². The van der Waals surface area contributed by atoms with Gasteiger partial charge in [-0.2, -0.15) is 0 Å². The second-order valence-corrected chi connectivity index (χ2v) is 5.80. The molecule has 6 heteroatoms. The van der Waals surface area contributed by atoms with Crippen molar-refractivity contribution < 1.29 is 19.7 Å². The lowest BCUT2D eigenvalue weighted by Crippen LogP contribution is -2.55. The topological polar surface area (TPSA) is 105 Å². The van der Waals surface area contributed by atoms with E-state index in [1.54, 1.807) is 6.07 Å².